The molecule has 0 spiro atoms. The van der Waals surface area contributed by atoms with Crippen LogP contribution in [0.5, 0.6) is 11.6 Å². The fraction of sp³-hybridized carbons (Fsp3) is 0.333. The van der Waals surface area contributed by atoms with Crippen LogP contribution in [-0.4, -0.2) is 48.1 Å². The highest BCUT2D eigenvalue weighted by atomic mass is 19.1. The number of nitrogens with two attached hydrogens (primary N) is 1. The molecule has 0 unspecified atom stereocenters. The fourth-order valence-corrected chi connectivity index (χ4v) is 2.34. The maximum Gasteiger partial charge on any atom is 0.248 e. The first-order chi connectivity index (χ1) is 10.6. The first-order valence-corrected chi connectivity index (χ1v) is 7.11. The van der Waals surface area contributed by atoms with Crippen molar-refractivity contribution in [2.24, 2.45) is 0 Å². The Kier molecular flexibility index (Phi) is 4.06. The molecule has 3 rings (SSSR count). The van der Waals surface area contributed by atoms with Gasteiger partial charge in [0.05, 0.1) is 0 Å². The predicted octanol–water partition coefficient (Wildman–Crippen LogP) is 1.74. The van der Waals surface area contributed by atoms with Crippen molar-refractivity contribution >= 4 is 11.5 Å². The molecule has 1 aliphatic rings. The summed E-state index contributed by atoms with van der Waals surface area (Å²) in [5, 5.41) is 0. The van der Waals surface area contributed by atoms with E-state index in [2.05, 4.69) is 26.8 Å². The van der Waals surface area contributed by atoms with E-state index in [0.29, 0.717) is 17.3 Å². The molecular formula is C15H18FN5O. The second kappa shape index (κ2) is 6.15. The van der Waals surface area contributed by atoms with E-state index in [1.54, 1.807) is 0 Å². The van der Waals surface area contributed by atoms with Gasteiger partial charge >= 0.3 is 0 Å². The minimum Gasteiger partial charge on any atom is -0.437 e. The molecular weight excluding hydrogens is 285 g/mol. The molecule has 1 aromatic carbocycles. The Labute approximate surface area is 128 Å². The number of likely N-dealkylation sites (N-methyl/N-ethyl adjacent to an activating group) is 1. The zero-order valence-corrected chi connectivity index (χ0v) is 12.4. The van der Waals surface area contributed by atoms with Crippen molar-refractivity contribution in [3.05, 3.63) is 36.4 Å². The molecule has 6 nitrogen and oxygen atoms in total. The van der Waals surface area contributed by atoms with Gasteiger partial charge in [0.25, 0.3) is 0 Å². The molecule has 0 amide bonds. The van der Waals surface area contributed by atoms with Crippen molar-refractivity contribution in [2.75, 3.05) is 43.9 Å². The zero-order valence-electron chi connectivity index (χ0n) is 12.4. The lowest BCUT2D eigenvalue weighted by molar-refractivity contribution is 0.312. The first kappa shape index (κ1) is 14.5. The summed E-state index contributed by atoms with van der Waals surface area (Å²) in [5.74, 6) is 1.13. The van der Waals surface area contributed by atoms with Crippen LogP contribution < -0.4 is 15.4 Å². The monoisotopic (exact) mass is 303 g/mol. The SMILES string of the molecule is CN1CCN(c2ncnc(Oc3ccc(F)cc3)c2N)CC1. The molecule has 116 valence electrons. The Morgan fingerprint density at radius 2 is 1.77 bits per heavy atom. The van der Waals surface area contributed by atoms with Gasteiger partial charge in [-0.05, 0) is 31.3 Å². The number of aromatic nitrogens is 2. The van der Waals surface area contributed by atoms with Crippen LogP contribution >= 0.6 is 0 Å². The Morgan fingerprint density at radius 3 is 2.45 bits per heavy atom. The van der Waals surface area contributed by atoms with Crippen molar-refractivity contribution in [3.8, 4) is 11.6 Å². The molecule has 1 aliphatic heterocycles. The summed E-state index contributed by atoms with van der Waals surface area (Å²) in [6.45, 7) is 3.62. The molecule has 0 atom stereocenters. The molecule has 0 saturated carbocycles. The van der Waals surface area contributed by atoms with Gasteiger partial charge < -0.3 is 20.3 Å². The Hall–Kier alpha value is -2.41. The number of rotatable bonds is 3. The maximum absolute atomic E-state index is 12.9. The lowest BCUT2D eigenvalue weighted by atomic mass is 10.3. The van der Waals surface area contributed by atoms with E-state index in [1.807, 2.05) is 0 Å². The van der Waals surface area contributed by atoms with Gasteiger partial charge in [0.2, 0.25) is 5.88 Å². The van der Waals surface area contributed by atoms with Crippen LogP contribution in [0.2, 0.25) is 0 Å². The largest absolute Gasteiger partial charge is 0.437 e. The van der Waals surface area contributed by atoms with Crippen LogP contribution in [0.3, 0.4) is 0 Å². The van der Waals surface area contributed by atoms with Gasteiger partial charge in [0, 0.05) is 26.2 Å². The Balaban J connectivity index is 1.81. The number of piperazine rings is 1. The fourth-order valence-electron chi connectivity index (χ4n) is 2.34. The number of nitrogen functional groups attached to an aromatic ring is 1. The number of ether oxygens (including phenoxy) is 1. The van der Waals surface area contributed by atoms with Crippen LogP contribution in [0.25, 0.3) is 0 Å². The summed E-state index contributed by atoms with van der Waals surface area (Å²) in [5.41, 5.74) is 6.55. The van der Waals surface area contributed by atoms with E-state index in [-0.39, 0.29) is 11.7 Å². The standard InChI is InChI=1S/C15H18FN5O/c1-20-6-8-21(9-7-20)14-13(17)15(19-10-18-14)22-12-4-2-11(16)3-5-12/h2-5,10H,6-9,17H2,1H3. The summed E-state index contributed by atoms with van der Waals surface area (Å²) >= 11 is 0. The minimum atomic E-state index is -0.318. The van der Waals surface area contributed by atoms with Crippen molar-refractivity contribution in [3.63, 3.8) is 0 Å². The van der Waals surface area contributed by atoms with Gasteiger partial charge in [0.1, 0.15) is 23.6 Å². The van der Waals surface area contributed by atoms with Crippen LogP contribution in [0.4, 0.5) is 15.9 Å². The molecule has 2 aromatic rings. The van der Waals surface area contributed by atoms with Gasteiger partial charge in [-0.3, -0.25) is 0 Å². The van der Waals surface area contributed by atoms with E-state index in [4.69, 9.17) is 10.5 Å². The van der Waals surface area contributed by atoms with Crippen LogP contribution in [0, 0.1) is 5.82 Å². The smallest absolute Gasteiger partial charge is 0.248 e. The van der Waals surface area contributed by atoms with Crippen LogP contribution in [-0.2, 0) is 0 Å². The summed E-state index contributed by atoms with van der Waals surface area (Å²) in [6, 6.07) is 5.72. The number of halogens is 1. The van der Waals surface area contributed by atoms with Crippen molar-refractivity contribution in [1.82, 2.24) is 14.9 Å². The molecule has 22 heavy (non-hydrogen) atoms. The number of benzene rings is 1. The topological polar surface area (TPSA) is 67.5 Å². The molecule has 1 fully saturated rings. The number of hydrogen-bond acceptors (Lipinski definition) is 6. The molecule has 2 N–H and O–H groups in total. The normalized spacial score (nSPS) is 15.8. The van der Waals surface area contributed by atoms with Gasteiger partial charge in [-0.25, -0.2) is 9.37 Å². The van der Waals surface area contributed by atoms with Gasteiger partial charge in [-0.2, -0.15) is 4.98 Å². The third-order valence-corrected chi connectivity index (χ3v) is 3.66. The van der Waals surface area contributed by atoms with E-state index in [1.165, 1.54) is 30.6 Å². The van der Waals surface area contributed by atoms with E-state index in [9.17, 15) is 4.39 Å². The third-order valence-electron chi connectivity index (χ3n) is 3.66. The second-order valence-electron chi connectivity index (χ2n) is 5.26. The third kappa shape index (κ3) is 3.09. The highest BCUT2D eigenvalue weighted by molar-refractivity contribution is 5.68. The number of nitrogens with zero attached hydrogens (tertiary/aromatic N) is 4. The molecule has 1 saturated heterocycles. The summed E-state index contributed by atoms with van der Waals surface area (Å²) in [4.78, 5) is 12.7. The summed E-state index contributed by atoms with van der Waals surface area (Å²) in [7, 11) is 2.09. The predicted molar refractivity (Wildman–Crippen MR) is 82.6 cm³/mol. The lowest BCUT2D eigenvalue weighted by Crippen LogP contribution is -2.45. The zero-order chi connectivity index (χ0) is 15.5. The minimum absolute atomic E-state index is 0.288. The Morgan fingerprint density at radius 1 is 1.09 bits per heavy atom. The molecule has 1 aromatic heterocycles. The van der Waals surface area contributed by atoms with E-state index < -0.39 is 0 Å². The summed E-state index contributed by atoms with van der Waals surface area (Å²) in [6.07, 6.45) is 1.43. The van der Waals surface area contributed by atoms with E-state index in [0.717, 1.165) is 26.2 Å². The lowest BCUT2D eigenvalue weighted by Gasteiger charge is -2.33. The highest BCUT2D eigenvalue weighted by Crippen LogP contribution is 2.31. The van der Waals surface area contributed by atoms with Crippen LogP contribution in [0.1, 0.15) is 0 Å². The second-order valence-corrected chi connectivity index (χ2v) is 5.26. The Bertz CT molecular complexity index is 641. The number of hydrogen-bond donors (Lipinski definition) is 1. The average molecular weight is 303 g/mol. The van der Waals surface area contributed by atoms with Crippen LogP contribution in [0.15, 0.2) is 30.6 Å². The molecule has 0 aliphatic carbocycles. The maximum atomic E-state index is 12.9. The molecule has 7 heteroatoms. The van der Waals surface area contributed by atoms with Crippen molar-refractivity contribution < 1.29 is 9.13 Å². The average Bonchev–Trinajstić information content (AvgIpc) is 2.53. The van der Waals surface area contributed by atoms with Gasteiger partial charge in [-0.15, -0.1) is 0 Å². The summed E-state index contributed by atoms with van der Waals surface area (Å²) < 4.78 is 18.6. The molecule has 0 bridgehead atoms. The van der Waals surface area contributed by atoms with Crippen molar-refractivity contribution in [2.45, 2.75) is 0 Å². The molecule has 0 radical (unpaired) electrons. The number of anilines is 2. The van der Waals surface area contributed by atoms with Gasteiger partial charge in [-0.1, -0.05) is 0 Å². The first-order valence-electron chi connectivity index (χ1n) is 7.11. The van der Waals surface area contributed by atoms with E-state index >= 15 is 0 Å². The highest BCUT2D eigenvalue weighted by Gasteiger charge is 2.20. The van der Waals surface area contributed by atoms with Crippen molar-refractivity contribution in [1.29, 1.82) is 0 Å². The molecule has 2 heterocycles. The van der Waals surface area contributed by atoms with Gasteiger partial charge in [0.15, 0.2) is 5.82 Å². The quantitative estimate of drug-likeness (QED) is 0.931.